The molecule has 10 heteroatoms. The summed E-state index contributed by atoms with van der Waals surface area (Å²) in [6.07, 6.45) is 0. The highest BCUT2D eigenvalue weighted by Crippen LogP contribution is 2.20. The summed E-state index contributed by atoms with van der Waals surface area (Å²) in [6, 6.07) is 20.5. The van der Waals surface area contributed by atoms with Crippen LogP contribution < -0.4 is 10.6 Å². The molecule has 10 nitrogen and oxygen atoms in total. The molecule has 0 atom stereocenters. The highest BCUT2D eigenvalue weighted by atomic mass is 16.6. The monoisotopic (exact) mass is 429 g/mol. The first kappa shape index (κ1) is 20.4. The van der Waals surface area contributed by atoms with E-state index in [1.807, 2.05) is 30.3 Å². The van der Waals surface area contributed by atoms with Gasteiger partial charge in [-0.2, -0.15) is 0 Å². The summed E-state index contributed by atoms with van der Waals surface area (Å²) in [6.45, 7) is 0. The van der Waals surface area contributed by atoms with Crippen LogP contribution in [0.5, 0.6) is 0 Å². The molecule has 0 spiro atoms. The second-order valence-corrected chi connectivity index (χ2v) is 6.57. The number of nitro benzene ring substituents is 1. The Morgan fingerprint density at radius 1 is 0.781 bits per heavy atom. The maximum Gasteiger partial charge on any atom is 0.322 e. The van der Waals surface area contributed by atoms with Crippen molar-refractivity contribution in [3.05, 3.63) is 100 Å². The first-order chi connectivity index (χ1) is 15.5. The first-order valence-electron chi connectivity index (χ1n) is 9.36. The van der Waals surface area contributed by atoms with Gasteiger partial charge in [0.15, 0.2) is 0 Å². The van der Waals surface area contributed by atoms with Crippen molar-refractivity contribution in [1.29, 1.82) is 0 Å². The lowest BCUT2D eigenvalue weighted by molar-refractivity contribution is -0.384. The largest absolute Gasteiger partial charge is 0.403 e. The molecule has 158 valence electrons. The van der Waals surface area contributed by atoms with Crippen molar-refractivity contribution in [2.75, 3.05) is 10.6 Å². The van der Waals surface area contributed by atoms with Crippen LogP contribution in [0.1, 0.15) is 20.7 Å². The Bertz CT molecular complexity index is 1270. The fraction of sp³-hybridized carbons (Fsp3) is 0. The smallest absolute Gasteiger partial charge is 0.322 e. The van der Waals surface area contributed by atoms with Crippen LogP contribution in [0.15, 0.2) is 83.3 Å². The number of aromatic nitrogens is 2. The van der Waals surface area contributed by atoms with Crippen LogP contribution in [0.4, 0.5) is 17.4 Å². The summed E-state index contributed by atoms with van der Waals surface area (Å²) in [5, 5.41) is 23.6. The van der Waals surface area contributed by atoms with E-state index in [0.29, 0.717) is 11.3 Å². The molecule has 4 aromatic rings. The van der Waals surface area contributed by atoms with E-state index >= 15 is 0 Å². The van der Waals surface area contributed by atoms with Crippen LogP contribution in [0.2, 0.25) is 0 Å². The molecule has 0 saturated carbocycles. The number of non-ortho nitro benzene ring substituents is 1. The van der Waals surface area contributed by atoms with Crippen molar-refractivity contribution in [1.82, 2.24) is 10.2 Å². The molecule has 0 aliphatic heterocycles. The average molecular weight is 429 g/mol. The van der Waals surface area contributed by atoms with Gasteiger partial charge in [-0.15, -0.1) is 5.10 Å². The molecule has 1 aromatic heterocycles. The molecular formula is C22H15N5O5. The molecule has 0 radical (unpaired) electrons. The van der Waals surface area contributed by atoms with Gasteiger partial charge < -0.3 is 9.73 Å². The lowest BCUT2D eigenvalue weighted by Gasteiger charge is -2.06. The van der Waals surface area contributed by atoms with Crippen LogP contribution in [0.3, 0.4) is 0 Å². The summed E-state index contributed by atoms with van der Waals surface area (Å²) >= 11 is 0. The normalized spacial score (nSPS) is 10.4. The summed E-state index contributed by atoms with van der Waals surface area (Å²) in [5.41, 5.74) is 1.66. The molecule has 0 aliphatic carbocycles. The SMILES string of the molecule is O=C(Nc1ccc(C(=O)Nc2nnc(-c3ccccc3)o2)cc1)c1ccc([N+](=O)[O-])cc1. The van der Waals surface area contributed by atoms with Crippen molar-refractivity contribution in [3.63, 3.8) is 0 Å². The fourth-order valence-electron chi connectivity index (χ4n) is 2.78. The zero-order valence-electron chi connectivity index (χ0n) is 16.4. The number of hydrogen-bond donors (Lipinski definition) is 2. The second-order valence-electron chi connectivity index (χ2n) is 6.57. The van der Waals surface area contributed by atoms with Crippen molar-refractivity contribution in [3.8, 4) is 11.5 Å². The zero-order valence-corrected chi connectivity index (χ0v) is 16.4. The third-order valence-corrected chi connectivity index (χ3v) is 4.41. The molecule has 0 fully saturated rings. The average Bonchev–Trinajstić information content (AvgIpc) is 3.28. The number of anilines is 2. The van der Waals surface area contributed by atoms with Crippen LogP contribution in [0, 0.1) is 10.1 Å². The van der Waals surface area contributed by atoms with E-state index in [-0.39, 0.29) is 23.2 Å². The van der Waals surface area contributed by atoms with Gasteiger partial charge in [0.1, 0.15) is 0 Å². The number of rotatable bonds is 6. The Hall–Kier alpha value is -4.86. The number of nitro groups is 1. The second kappa shape index (κ2) is 8.88. The molecule has 0 bridgehead atoms. The highest BCUT2D eigenvalue weighted by molar-refractivity contribution is 6.05. The van der Waals surface area contributed by atoms with E-state index in [9.17, 15) is 19.7 Å². The van der Waals surface area contributed by atoms with Gasteiger partial charge in [-0.1, -0.05) is 23.3 Å². The minimum absolute atomic E-state index is 0.0376. The van der Waals surface area contributed by atoms with Crippen molar-refractivity contribution in [2.24, 2.45) is 0 Å². The molecule has 0 saturated heterocycles. The number of carbonyl (C=O) groups is 2. The quantitative estimate of drug-likeness (QED) is 0.346. The first-order valence-corrected chi connectivity index (χ1v) is 9.36. The van der Waals surface area contributed by atoms with Gasteiger partial charge in [0.05, 0.1) is 4.92 Å². The van der Waals surface area contributed by atoms with Crippen LogP contribution in [0.25, 0.3) is 11.5 Å². The number of benzene rings is 3. The number of amides is 2. The number of nitrogens with zero attached hydrogens (tertiary/aromatic N) is 3. The van der Waals surface area contributed by atoms with E-state index in [0.717, 1.165) is 5.56 Å². The van der Waals surface area contributed by atoms with E-state index in [1.165, 1.54) is 36.4 Å². The standard InChI is InChI=1S/C22H15N5O5/c28-19(15-8-12-18(13-9-15)27(30)31)23-17-10-6-14(7-11-17)20(29)24-22-26-25-21(32-22)16-4-2-1-3-5-16/h1-13H,(H,23,28)(H,24,26,29). The Balaban J connectivity index is 1.38. The third kappa shape index (κ3) is 4.65. The molecule has 1 heterocycles. The van der Waals surface area contributed by atoms with Gasteiger partial charge in [-0.25, -0.2) is 0 Å². The Morgan fingerprint density at radius 2 is 1.38 bits per heavy atom. The minimum atomic E-state index is -0.539. The number of hydrogen-bond acceptors (Lipinski definition) is 7. The summed E-state index contributed by atoms with van der Waals surface area (Å²) in [7, 11) is 0. The van der Waals surface area contributed by atoms with Gasteiger partial charge >= 0.3 is 6.01 Å². The van der Waals surface area contributed by atoms with Crippen LogP contribution in [-0.2, 0) is 0 Å². The zero-order chi connectivity index (χ0) is 22.5. The Labute approximate surface area is 181 Å². The molecule has 4 rings (SSSR count). The van der Waals surface area contributed by atoms with Crippen molar-refractivity contribution in [2.45, 2.75) is 0 Å². The van der Waals surface area contributed by atoms with Gasteiger partial charge in [0.2, 0.25) is 5.89 Å². The molecular weight excluding hydrogens is 414 g/mol. The maximum absolute atomic E-state index is 12.4. The molecule has 0 aliphatic rings. The van der Waals surface area contributed by atoms with E-state index < -0.39 is 16.7 Å². The number of nitrogens with one attached hydrogen (secondary N) is 2. The Morgan fingerprint density at radius 3 is 2.00 bits per heavy atom. The molecule has 2 amide bonds. The lowest BCUT2D eigenvalue weighted by atomic mass is 10.1. The summed E-state index contributed by atoms with van der Waals surface area (Å²) < 4.78 is 5.46. The molecule has 3 aromatic carbocycles. The van der Waals surface area contributed by atoms with Gasteiger partial charge in [-0.3, -0.25) is 25.0 Å². The van der Waals surface area contributed by atoms with Gasteiger partial charge in [0, 0.05) is 34.5 Å². The fourth-order valence-corrected chi connectivity index (χ4v) is 2.78. The van der Waals surface area contributed by atoms with E-state index in [1.54, 1.807) is 12.1 Å². The predicted molar refractivity (Wildman–Crippen MR) is 115 cm³/mol. The predicted octanol–water partition coefficient (Wildman–Crippen LogP) is 4.15. The Kier molecular flexibility index (Phi) is 5.66. The topological polar surface area (TPSA) is 140 Å². The van der Waals surface area contributed by atoms with E-state index in [2.05, 4.69) is 20.8 Å². The van der Waals surface area contributed by atoms with Crippen LogP contribution >= 0.6 is 0 Å². The molecule has 32 heavy (non-hydrogen) atoms. The van der Waals surface area contributed by atoms with Crippen molar-refractivity contribution >= 4 is 29.2 Å². The minimum Gasteiger partial charge on any atom is -0.403 e. The maximum atomic E-state index is 12.4. The van der Waals surface area contributed by atoms with Gasteiger partial charge in [0.25, 0.3) is 17.5 Å². The third-order valence-electron chi connectivity index (χ3n) is 4.41. The van der Waals surface area contributed by atoms with E-state index in [4.69, 9.17) is 4.42 Å². The summed E-state index contributed by atoms with van der Waals surface area (Å²) in [4.78, 5) is 34.9. The highest BCUT2D eigenvalue weighted by Gasteiger charge is 2.14. The molecule has 0 unspecified atom stereocenters. The lowest BCUT2D eigenvalue weighted by Crippen LogP contribution is -2.14. The van der Waals surface area contributed by atoms with Crippen LogP contribution in [-0.4, -0.2) is 26.9 Å². The van der Waals surface area contributed by atoms with Gasteiger partial charge in [-0.05, 0) is 48.5 Å². The van der Waals surface area contributed by atoms with Crippen molar-refractivity contribution < 1.29 is 18.9 Å². The molecule has 2 N–H and O–H groups in total. The number of carbonyl (C=O) groups excluding carboxylic acids is 2. The summed E-state index contributed by atoms with van der Waals surface area (Å²) in [5.74, 6) is -0.608.